The van der Waals surface area contributed by atoms with Gasteiger partial charge in [-0.05, 0) is 18.2 Å². The van der Waals surface area contributed by atoms with Crippen LogP contribution in [0.5, 0.6) is 0 Å². The Bertz CT molecular complexity index is 841. The van der Waals surface area contributed by atoms with Crippen LogP contribution in [-0.4, -0.2) is 23.3 Å². The molecule has 3 rings (SSSR count). The van der Waals surface area contributed by atoms with Gasteiger partial charge in [0.2, 0.25) is 11.5 Å². The molecule has 0 bridgehead atoms. The van der Waals surface area contributed by atoms with Gasteiger partial charge < -0.3 is 14.6 Å². The number of carbonyl (C=O) groups is 2. The van der Waals surface area contributed by atoms with Gasteiger partial charge in [0.1, 0.15) is 6.26 Å². The number of halogens is 4. The van der Waals surface area contributed by atoms with Crippen molar-refractivity contribution >= 4 is 35.1 Å². The Morgan fingerprint density at radius 1 is 1.35 bits per heavy atom. The van der Waals surface area contributed by atoms with Gasteiger partial charge >= 0.3 is 12.3 Å². The number of rotatable bonds is 4. The van der Waals surface area contributed by atoms with Gasteiger partial charge in [-0.3, -0.25) is 10.1 Å². The molecule has 0 aliphatic carbocycles. The Morgan fingerprint density at radius 2 is 2.12 bits per heavy atom. The predicted molar refractivity (Wildman–Crippen MR) is 83.7 cm³/mol. The van der Waals surface area contributed by atoms with Crippen molar-refractivity contribution in [1.29, 1.82) is 0 Å². The molecule has 1 aromatic carbocycles. The van der Waals surface area contributed by atoms with Crippen LogP contribution in [0.1, 0.15) is 18.4 Å². The fourth-order valence-electron chi connectivity index (χ4n) is 2.62. The fraction of sp³-hybridized carbons (Fsp3) is 0.267. The summed E-state index contributed by atoms with van der Waals surface area (Å²) in [7, 11) is 0. The molecule has 11 heteroatoms. The number of ether oxygens (including phenoxy) is 1. The van der Waals surface area contributed by atoms with Gasteiger partial charge in [-0.25, -0.2) is 4.79 Å². The summed E-state index contributed by atoms with van der Waals surface area (Å²) in [5.41, 5.74) is -3.46. The minimum atomic E-state index is -4.97. The van der Waals surface area contributed by atoms with Crippen molar-refractivity contribution < 1.29 is 32.0 Å². The van der Waals surface area contributed by atoms with E-state index in [4.69, 9.17) is 11.6 Å². The monoisotopic (exact) mass is 389 g/mol. The Morgan fingerprint density at radius 3 is 2.77 bits per heavy atom. The molecule has 26 heavy (non-hydrogen) atoms. The Kier molecular flexibility index (Phi) is 4.53. The molecule has 7 nitrogen and oxygen atoms in total. The highest BCUT2D eigenvalue weighted by Crippen LogP contribution is 2.50. The van der Waals surface area contributed by atoms with Crippen LogP contribution in [0.4, 0.5) is 29.5 Å². The molecule has 2 aromatic rings. The number of aromatic nitrogens is 1. The molecular formula is C15H11ClF3N3O4. The summed E-state index contributed by atoms with van der Waals surface area (Å²) in [5.74, 6) is -0.692. The van der Waals surface area contributed by atoms with Crippen molar-refractivity contribution in [2.75, 3.05) is 10.6 Å². The number of nitrogens with one attached hydrogen (secondary N) is 2. The third-order valence-corrected chi connectivity index (χ3v) is 4.02. The van der Waals surface area contributed by atoms with Gasteiger partial charge in [-0.1, -0.05) is 16.8 Å². The van der Waals surface area contributed by atoms with E-state index in [2.05, 4.69) is 25.1 Å². The maximum absolute atomic E-state index is 13.9. The van der Waals surface area contributed by atoms with E-state index in [0.717, 1.165) is 6.07 Å². The van der Waals surface area contributed by atoms with Gasteiger partial charge in [-0.2, -0.15) is 13.2 Å². The lowest BCUT2D eigenvalue weighted by atomic mass is 9.85. The van der Waals surface area contributed by atoms with Crippen molar-refractivity contribution in [1.82, 2.24) is 5.16 Å². The zero-order valence-electron chi connectivity index (χ0n) is 12.9. The summed E-state index contributed by atoms with van der Waals surface area (Å²) in [6.45, 7) is 0. The normalized spacial score (nSPS) is 19.3. The first-order chi connectivity index (χ1) is 12.2. The second kappa shape index (κ2) is 6.52. The smallest absolute Gasteiger partial charge is 0.428 e. The number of amides is 2. The van der Waals surface area contributed by atoms with Crippen LogP contribution in [-0.2, 0) is 15.1 Å². The minimum absolute atomic E-state index is 0.0316. The first-order valence-electron chi connectivity index (χ1n) is 7.28. The molecule has 1 unspecified atom stereocenters. The highest BCUT2D eigenvalue weighted by atomic mass is 35.5. The number of fused-ring (bicyclic) bond motifs is 1. The van der Waals surface area contributed by atoms with Crippen LogP contribution < -0.4 is 10.6 Å². The van der Waals surface area contributed by atoms with Gasteiger partial charge in [0.15, 0.2) is 5.82 Å². The van der Waals surface area contributed by atoms with Crippen LogP contribution >= 0.6 is 11.6 Å². The average molecular weight is 390 g/mol. The lowest BCUT2D eigenvalue weighted by Gasteiger charge is -2.39. The van der Waals surface area contributed by atoms with Crippen LogP contribution in [0, 0.1) is 0 Å². The zero-order chi connectivity index (χ0) is 18.9. The molecule has 2 amide bonds. The van der Waals surface area contributed by atoms with Gasteiger partial charge in [0, 0.05) is 29.5 Å². The van der Waals surface area contributed by atoms with Gasteiger partial charge in [0.05, 0.1) is 5.69 Å². The second-order valence-corrected chi connectivity index (χ2v) is 5.90. The Balaban J connectivity index is 1.92. The third-order valence-electron chi connectivity index (χ3n) is 3.79. The number of alkyl halides is 3. The highest BCUT2D eigenvalue weighted by Gasteiger charge is 2.62. The molecule has 0 spiro atoms. The average Bonchev–Trinajstić information content (AvgIpc) is 3.05. The zero-order valence-corrected chi connectivity index (χ0v) is 13.6. The van der Waals surface area contributed by atoms with E-state index >= 15 is 0 Å². The summed E-state index contributed by atoms with van der Waals surface area (Å²) in [6.07, 6.45) is -6.47. The van der Waals surface area contributed by atoms with Crippen LogP contribution in [0.15, 0.2) is 35.1 Å². The van der Waals surface area contributed by atoms with Crippen LogP contribution in [0.25, 0.3) is 0 Å². The standard InChI is InChI=1S/C15H11ClF3N3O4/c16-8-1-2-10-9(7-8)14(15(17,18)19,26-13(24)20-10)5-3-12(23)21-11-4-6-25-22-11/h1-2,4,6-7H,3,5H2,(H,20,24)(H,21,22,23). The first kappa shape index (κ1) is 18.1. The molecular weight excluding hydrogens is 379 g/mol. The molecule has 2 N–H and O–H groups in total. The lowest BCUT2D eigenvalue weighted by molar-refractivity contribution is -0.267. The van der Waals surface area contributed by atoms with E-state index in [-0.39, 0.29) is 22.1 Å². The maximum Gasteiger partial charge on any atom is 0.432 e. The summed E-state index contributed by atoms with van der Waals surface area (Å²) in [6, 6.07) is 4.97. The molecule has 2 heterocycles. The van der Waals surface area contributed by atoms with E-state index in [1.807, 2.05) is 0 Å². The molecule has 1 aliphatic rings. The summed E-state index contributed by atoms with van der Waals surface area (Å²) >= 11 is 5.81. The highest BCUT2D eigenvalue weighted by molar-refractivity contribution is 6.30. The number of carbonyl (C=O) groups excluding carboxylic acids is 2. The maximum atomic E-state index is 13.9. The van der Waals surface area contributed by atoms with Crippen LogP contribution in [0.2, 0.25) is 5.02 Å². The second-order valence-electron chi connectivity index (χ2n) is 5.46. The number of benzene rings is 1. The van der Waals surface area contributed by atoms with Crippen molar-refractivity contribution in [2.45, 2.75) is 24.6 Å². The number of cyclic esters (lactones) is 1. The Hall–Kier alpha value is -2.75. The van der Waals surface area contributed by atoms with Crippen molar-refractivity contribution in [3.05, 3.63) is 41.1 Å². The van der Waals surface area contributed by atoms with Crippen LogP contribution in [0.3, 0.4) is 0 Å². The molecule has 0 radical (unpaired) electrons. The largest absolute Gasteiger partial charge is 0.432 e. The molecule has 0 saturated heterocycles. The van der Waals surface area contributed by atoms with Crippen molar-refractivity contribution in [2.24, 2.45) is 0 Å². The van der Waals surface area contributed by atoms with E-state index in [0.29, 0.717) is 0 Å². The number of anilines is 2. The lowest BCUT2D eigenvalue weighted by Crippen LogP contribution is -2.50. The number of hydrogen-bond donors (Lipinski definition) is 2. The first-order valence-corrected chi connectivity index (χ1v) is 7.66. The fourth-order valence-corrected chi connectivity index (χ4v) is 2.79. The molecule has 1 aliphatic heterocycles. The van der Waals surface area contributed by atoms with E-state index in [1.165, 1.54) is 24.5 Å². The van der Waals surface area contributed by atoms with E-state index in [1.54, 1.807) is 0 Å². The third kappa shape index (κ3) is 3.32. The van der Waals surface area contributed by atoms with Gasteiger partial charge in [-0.15, -0.1) is 0 Å². The molecule has 1 aromatic heterocycles. The minimum Gasteiger partial charge on any atom is -0.428 e. The van der Waals surface area contributed by atoms with Crippen molar-refractivity contribution in [3.63, 3.8) is 0 Å². The van der Waals surface area contributed by atoms with E-state index < -0.39 is 36.6 Å². The molecule has 1 atom stereocenters. The summed E-state index contributed by atoms with van der Waals surface area (Å²) in [5, 5.41) is 7.94. The quantitative estimate of drug-likeness (QED) is 0.822. The topological polar surface area (TPSA) is 93.5 Å². The number of nitrogens with zero attached hydrogens (tertiary/aromatic N) is 1. The molecule has 0 saturated carbocycles. The molecule has 138 valence electrons. The SMILES string of the molecule is O=C(CCC1(C(F)(F)F)OC(=O)Nc2ccc(Cl)cc21)Nc1ccon1. The molecule has 0 fully saturated rings. The number of hydrogen-bond acceptors (Lipinski definition) is 5. The van der Waals surface area contributed by atoms with E-state index in [9.17, 15) is 22.8 Å². The van der Waals surface area contributed by atoms with Crippen molar-refractivity contribution in [3.8, 4) is 0 Å². The predicted octanol–water partition coefficient (Wildman–Crippen LogP) is 4.07. The Labute approximate surface area is 149 Å². The summed E-state index contributed by atoms with van der Waals surface area (Å²) in [4.78, 5) is 23.6. The van der Waals surface area contributed by atoms with Gasteiger partial charge in [0.25, 0.3) is 0 Å². The summed E-state index contributed by atoms with van der Waals surface area (Å²) < 4.78 is 50.9.